The number of nitrogens with one attached hydrogen (secondary N) is 2. The van der Waals surface area contributed by atoms with Gasteiger partial charge in [0, 0.05) is 19.1 Å². The molecule has 0 spiro atoms. The second-order valence-corrected chi connectivity index (χ2v) is 5.33. The second kappa shape index (κ2) is 7.41. The summed E-state index contributed by atoms with van der Waals surface area (Å²) in [6.45, 7) is 7.78. The van der Waals surface area contributed by atoms with E-state index in [1.165, 1.54) is 0 Å². The van der Waals surface area contributed by atoms with Crippen LogP contribution in [0.1, 0.15) is 25.0 Å². The van der Waals surface area contributed by atoms with Crippen LogP contribution < -0.4 is 10.6 Å². The largest absolute Gasteiger partial charge is 0.377 e. The first kappa shape index (κ1) is 15.0. The van der Waals surface area contributed by atoms with Crippen LogP contribution in [0.15, 0.2) is 24.3 Å². The van der Waals surface area contributed by atoms with Crippen molar-refractivity contribution in [1.29, 1.82) is 0 Å². The van der Waals surface area contributed by atoms with Crippen molar-refractivity contribution in [3.05, 3.63) is 35.4 Å². The first-order valence-electron chi connectivity index (χ1n) is 7.35. The summed E-state index contributed by atoms with van der Waals surface area (Å²) >= 11 is 0. The Hall–Kier alpha value is -1.39. The fraction of sp³-hybridized carbons (Fsp3) is 0.562. The van der Waals surface area contributed by atoms with Crippen molar-refractivity contribution in [1.82, 2.24) is 10.6 Å². The van der Waals surface area contributed by atoms with E-state index >= 15 is 0 Å². The van der Waals surface area contributed by atoms with E-state index in [4.69, 9.17) is 4.74 Å². The third-order valence-electron chi connectivity index (χ3n) is 3.97. The van der Waals surface area contributed by atoms with E-state index in [0.717, 1.165) is 24.2 Å². The first-order chi connectivity index (χ1) is 9.72. The van der Waals surface area contributed by atoms with Gasteiger partial charge in [-0.3, -0.25) is 4.79 Å². The number of benzene rings is 1. The van der Waals surface area contributed by atoms with Crippen LogP contribution in [-0.4, -0.2) is 25.6 Å². The third-order valence-corrected chi connectivity index (χ3v) is 3.97. The summed E-state index contributed by atoms with van der Waals surface area (Å²) in [5.41, 5.74) is 2.28. The summed E-state index contributed by atoms with van der Waals surface area (Å²) in [4.78, 5) is 12.1. The van der Waals surface area contributed by atoms with Crippen molar-refractivity contribution in [3.63, 3.8) is 0 Å². The zero-order valence-corrected chi connectivity index (χ0v) is 12.3. The highest BCUT2D eigenvalue weighted by Gasteiger charge is 2.28. The molecule has 0 aromatic heterocycles. The molecule has 2 rings (SSSR count). The quantitative estimate of drug-likeness (QED) is 0.797. The molecule has 1 aromatic rings. The summed E-state index contributed by atoms with van der Waals surface area (Å²) in [6.07, 6.45) is 0. The van der Waals surface area contributed by atoms with Gasteiger partial charge in [0.2, 0.25) is 5.91 Å². The monoisotopic (exact) mass is 276 g/mol. The van der Waals surface area contributed by atoms with Crippen LogP contribution in [0.4, 0.5) is 0 Å². The Bertz CT molecular complexity index is 444. The Balaban J connectivity index is 1.87. The molecule has 1 aliphatic heterocycles. The van der Waals surface area contributed by atoms with E-state index in [1.807, 2.05) is 32.0 Å². The van der Waals surface area contributed by atoms with E-state index in [9.17, 15) is 4.79 Å². The second-order valence-electron chi connectivity index (χ2n) is 5.33. The Morgan fingerprint density at radius 1 is 1.40 bits per heavy atom. The van der Waals surface area contributed by atoms with Gasteiger partial charge in [-0.15, -0.1) is 0 Å². The van der Waals surface area contributed by atoms with Crippen LogP contribution in [0.25, 0.3) is 0 Å². The van der Waals surface area contributed by atoms with Crippen molar-refractivity contribution < 1.29 is 9.53 Å². The molecule has 0 radical (unpaired) electrons. The van der Waals surface area contributed by atoms with Gasteiger partial charge in [0.25, 0.3) is 0 Å². The molecule has 0 bridgehead atoms. The van der Waals surface area contributed by atoms with Gasteiger partial charge in [0.1, 0.15) is 0 Å². The lowest BCUT2D eigenvalue weighted by Crippen LogP contribution is -2.49. The number of hydrogen-bond donors (Lipinski definition) is 2. The van der Waals surface area contributed by atoms with Gasteiger partial charge >= 0.3 is 0 Å². The number of carbonyl (C=O) groups excluding carboxylic acids is 1. The molecule has 1 saturated heterocycles. The van der Waals surface area contributed by atoms with Gasteiger partial charge in [0.05, 0.1) is 6.61 Å². The molecule has 110 valence electrons. The highest BCUT2D eigenvalue weighted by Crippen LogP contribution is 2.16. The Kier molecular flexibility index (Phi) is 5.56. The third kappa shape index (κ3) is 3.81. The molecule has 1 atom stereocenters. The van der Waals surface area contributed by atoms with E-state index in [0.29, 0.717) is 25.7 Å². The summed E-state index contributed by atoms with van der Waals surface area (Å²) in [5, 5.41) is 6.25. The molecule has 2 N–H and O–H groups in total. The molecular formula is C16H24N2O2. The van der Waals surface area contributed by atoms with Crippen molar-refractivity contribution >= 4 is 5.91 Å². The molecule has 1 fully saturated rings. The molecule has 4 heteroatoms. The van der Waals surface area contributed by atoms with Crippen molar-refractivity contribution in [2.45, 2.75) is 27.0 Å². The maximum atomic E-state index is 12.1. The first-order valence-corrected chi connectivity index (χ1v) is 7.35. The minimum atomic E-state index is 0.0790. The maximum Gasteiger partial charge on any atom is 0.223 e. The van der Waals surface area contributed by atoms with Gasteiger partial charge in [-0.25, -0.2) is 0 Å². The van der Waals surface area contributed by atoms with E-state index in [2.05, 4.69) is 16.7 Å². The van der Waals surface area contributed by atoms with Crippen LogP contribution in [0.2, 0.25) is 0 Å². The number of ether oxygens (including phenoxy) is 1. The SMILES string of the molecule is CCOCc1ccccc1CNC(=O)C(C)C1CNC1. The minimum Gasteiger partial charge on any atom is -0.377 e. The van der Waals surface area contributed by atoms with Crippen LogP contribution in [0, 0.1) is 11.8 Å². The Morgan fingerprint density at radius 3 is 2.70 bits per heavy atom. The summed E-state index contributed by atoms with van der Waals surface area (Å²) < 4.78 is 5.46. The zero-order chi connectivity index (χ0) is 14.4. The fourth-order valence-electron chi connectivity index (χ4n) is 2.30. The van der Waals surface area contributed by atoms with E-state index in [1.54, 1.807) is 0 Å². The summed E-state index contributed by atoms with van der Waals surface area (Å²) in [5.74, 6) is 0.701. The molecule has 1 aromatic carbocycles. The van der Waals surface area contributed by atoms with E-state index < -0.39 is 0 Å². The van der Waals surface area contributed by atoms with Crippen molar-refractivity contribution in [2.75, 3.05) is 19.7 Å². The van der Waals surface area contributed by atoms with Gasteiger partial charge in [0.15, 0.2) is 0 Å². The van der Waals surface area contributed by atoms with Gasteiger partial charge in [-0.05, 0) is 37.1 Å². The fourth-order valence-corrected chi connectivity index (χ4v) is 2.30. The van der Waals surface area contributed by atoms with Crippen LogP contribution in [-0.2, 0) is 22.7 Å². The molecule has 1 heterocycles. The molecule has 0 aliphatic carbocycles. The lowest BCUT2D eigenvalue weighted by atomic mass is 9.88. The van der Waals surface area contributed by atoms with Crippen LogP contribution in [0.3, 0.4) is 0 Å². The molecule has 0 saturated carbocycles. The van der Waals surface area contributed by atoms with Crippen molar-refractivity contribution in [2.24, 2.45) is 11.8 Å². The number of amides is 1. The van der Waals surface area contributed by atoms with Gasteiger partial charge in [-0.2, -0.15) is 0 Å². The van der Waals surface area contributed by atoms with Crippen LogP contribution in [0.5, 0.6) is 0 Å². The Morgan fingerprint density at radius 2 is 2.10 bits per heavy atom. The number of carbonyl (C=O) groups is 1. The van der Waals surface area contributed by atoms with Crippen molar-refractivity contribution in [3.8, 4) is 0 Å². The highest BCUT2D eigenvalue weighted by molar-refractivity contribution is 5.78. The zero-order valence-electron chi connectivity index (χ0n) is 12.3. The van der Waals surface area contributed by atoms with Gasteiger partial charge < -0.3 is 15.4 Å². The maximum absolute atomic E-state index is 12.1. The molecule has 1 amide bonds. The number of hydrogen-bond acceptors (Lipinski definition) is 3. The predicted octanol–water partition coefficient (Wildman–Crippen LogP) is 1.69. The predicted molar refractivity (Wildman–Crippen MR) is 79.1 cm³/mol. The van der Waals surface area contributed by atoms with Gasteiger partial charge in [-0.1, -0.05) is 31.2 Å². The number of rotatable bonds is 7. The molecule has 1 aliphatic rings. The average molecular weight is 276 g/mol. The Labute approximate surface area is 120 Å². The summed E-state index contributed by atoms with van der Waals surface area (Å²) in [6, 6.07) is 8.10. The van der Waals surface area contributed by atoms with Crippen LogP contribution >= 0.6 is 0 Å². The smallest absolute Gasteiger partial charge is 0.223 e. The molecular weight excluding hydrogens is 252 g/mol. The normalized spacial score (nSPS) is 16.5. The summed E-state index contributed by atoms with van der Waals surface area (Å²) in [7, 11) is 0. The topological polar surface area (TPSA) is 50.4 Å². The van der Waals surface area contributed by atoms with E-state index in [-0.39, 0.29) is 11.8 Å². The lowest BCUT2D eigenvalue weighted by Gasteiger charge is -2.31. The molecule has 4 nitrogen and oxygen atoms in total. The average Bonchev–Trinajstić information content (AvgIpc) is 2.41. The minimum absolute atomic E-state index is 0.0790. The molecule has 20 heavy (non-hydrogen) atoms. The molecule has 1 unspecified atom stereocenters. The highest BCUT2D eigenvalue weighted by atomic mass is 16.5. The lowest BCUT2D eigenvalue weighted by molar-refractivity contribution is -0.126. The standard InChI is InChI=1S/C16H24N2O2/c1-3-20-11-14-7-5-4-6-13(14)10-18-16(19)12(2)15-8-17-9-15/h4-7,12,15,17H,3,8-11H2,1-2H3,(H,18,19).